The van der Waals surface area contributed by atoms with Gasteiger partial charge in [0.15, 0.2) is 0 Å². The first-order valence-corrected chi connectivity index (χ1v) is 11.8. The number of esters is 1. The van der Waals surface area contributed by atoms with Crippen molar-refractivity contribution in [1.82, 2.24) is 4.72 Å². The number of carbonyl (C=O) groups is 2. The molecule has 1 aliphatic heterocycles. The quantitative estimate of drug-likeness (QED) is 0.314. The monoisotopic (exact) mass is 478 g/mol. The number of methoxy groups -OCH3 is 1. The molecule has 0 amide bonds. The Labute approximate surface area is 197 Å². The molecule has 1 aromatic heterocycles. The smallest absolute Gasteiger partial charge is 0.343 e. The topological polar surface area (TPSA) is 106 Å². The van der Waals surface area contributed by atoms with Crippen molar-refractivity contribution in [3.05, 3.63) is 101 Å². The highest BCUT2D eigenvalue weighted by atomic mass is 32.2. The van der Waals surface area contributed by atoms with Gasteiger partial charge in [0.05, 0.1) is 24.2 Å². The van der Waals surface area contributed by atoms with Crippen LogP contribution in [0.1, 0.15) is 18.4 Å². The molecule has 3 aromatic rings. The number of ether oxygens (including phenoxy) is 1. The number of rotatable bonds is 7. The Bertz CT molecular complexity index is 1390. The van der Waals surface area contributed by atoms with E-state index < -0.39 is 21.8 Å². The number of nitrogens with one attached hydrogen (secondary N) is 1. The third-order valence-corrected chi connectivity index (χ3v) is 6.67. The van der Waals surface area contributed by atoms with E-state index in [1.807, 2.05) is 30.3 Å². The van der Waals surface area contributed by atoms with Gasteiger partial charge < -0.3 is 14.1 Å². The molecule has 0 spiro atoms. The Morgan fingerprint density at radius 3 is 2.32 bits per heavy atom. The van der Waals surface area contributed by atoms with Crippen LogP contribution >= 0.6 is 0 Å². The summed E-state index contributed by atoms with van der Waals surface area (Å²) in [6.45, 7) is 1.60. The van der Waals surface area contributed by atoms with Gasteiger partial charge in [-0.15, -0.1) is 0 Å². The second-order valence-corrected chi connectivity index (χ2v) is 9.19. The Morgan fingerprint density at radius 1 is 1.03 bits per heavy atom. The van der Waals surface area contributed by atoms with E-state index in [0.29, 0.717) is 22.9 Å². The van der Waals surface area contributed by atoms with Crippen LogP contribution in [0.2, 0.25) is 0 Å². The van der Waals surface area contributed by atoms with Crippen molar-refractivity contribution in [2.75, 3.05) is 12.0 Å². The largest absolute Gasteiger partial charge is 0.465 e. The van der Waals surface area contributed by atoms with Gasteiger partial charge in [0, 0.05) is 17.5 Å². The summed E-state index contributed by atoms with van der Waals surface area (Å²) in [5.41, 5.74) is 1.30. The maximum atomic E-state index is 13.1. The first-order chi connectivity index (χ1) is 16.3. The van der Waals surface area contributed by atoms with Crippen LogP contribution in [0, 0.1) is 0 Å². The van der Waals surface area contributed by atoms with Crippen molar-refractivity contribution in [2.45, 2.75) is 18.4 Å². The first-order valence-electron chi connectivity index (χ1n) is 10.4. The molecule has 0 fully saturated rings. The molecule has 0 unspecified atom stereocenters. The summed E-state index contributed by atoms with van der Waals surface area (Å²) in [5.74, 6) is -0.517. The highest BCUT2D eigenvalue weighted by molar-refractivity contribution is 7.89. The molecule has 0 atom stereocenters. The minimum absolute atomic E-state index is 0.0556. The Kier molecular flexibility index (Phi) is 6.49. The fourth-order valence-electron chi connectivity index (χ4n) is 3.62. The van der Waals surface area contributed by atoms with Crippen LogP contribution < -0.4 is 9.62 Å². The van der Waals surface area contributed by atoms with E-state index in [2.05, 4.69) is 4.72 Å². The second-order valence-electron chi connectivity index (χ2n) is 7.42. The molecule has 0 aliphatic carbocycles. The van der Waals surface area contributed by atoms with Gasteiger partial charge in [-0.3, -0.25) is 4.79 Å². The Balaban J connectivity index is 1.61. The summed E-state index contributed by atoms with van der Waals surface area (Å²) in [4.78, 5) is 27.2. The van der Waals surface area contributed by atoms with Crippen LogP contribution in [0.15, 0.2) is 99.1 Å². The van der Waals surface area contributed by atoms with Crippen LogP contribution in [0.25, 0.3) is 6.08 Å². The van der Waals surface area contributed by atoms with E-state index in [1.165, 1.54) is 25.3 Å². The van der Waals surface area contributed by atoms with E-state index in [-0.39, 0.29) is 22.7 Å². The molecule has 174 valence electrons. The van der Waals surface area contributed by atoms with Gasteiger partial charge in [0.2, 0.25) is 15.8 Å². The van der Waals surface area contributed by atoms with Crippen LogP contribution in [-0.4, -0.2) is 27.3 Å². The van der Waals surface area contributed by atoms with E-state index in [1.54, 1.807) is 42.2 Å². The van der Waals surface area contributed by atoms with Crippen molar-refractivity contribution < 1.29 is 27.2 Å². The number of sulfonamides is 1. The number of ketones is 1. The van der Waals surface area contributed by atoms with Crippen molar-refractivity contribution in [1.29, 1.82) is 0 Å². The molecule has 2 heterocycles. The summed E-state index contributed by atoms with van der Waals surface area (Å²) < 4.78 is 37.9. The molecule has 1 N–H and O–H groups in total. The zero-order chi connectivity index (χ0) is 24.3. The van der Waals surface area contributed by atoms with Crippen molar-refractivity contribution in [3.8, 4) is 0 Å². The van der Waals surface area contributed by atoms with Gasteiger partial charge >= 0.3 is 5.97 Å². The van der Waals surface area contributed by atoms with Gasteiger partial charge in [-0.2, -0.15) is 0 Å². The number of hydrogen-bond donors (Lipinski definition) is 1. The molecular weight excluding hydrogens is 456 g/mol. The number of anilines is 1. The lowest BCUT2D eigenvalue weighted by atomic mass is 10.1. The number of nitrogens with zero attached hydrogens (tertiary/aromatic N) is 1. The maximum Gasteiger partial charge on any atom is 0.343 e. The third kappa shape index (κ3) is 4.57. The zero-order valence-electron chi connectivity index (χ0n) is 18.5. The average molecular weight is 479 g/mol. The molecule has 2 aromatic carbocycles. The van der Waals surface area contributed by atoms with Crippen molar-refractivity contribution >= 4 is 33.5 Å². The standard InChI is InChI=1S/C25H22N2O6S/c1-17-23(25(29)32-2)24(28)22(27(17)18-9-5-3-6-10-18)15-19-13-14-20(33-19)16-26-34(30,31)21-11-7-4-8-12-21/h3-15,26H,16H2,1-2H3/b22-15+. The molecule has 9 heteroatoms. The minimum atomic E-state index is -3.70. The third-order valence-electron chi connectivity index (χ3n) is 5.25. The van der Waals surface area contributed by atoms with Gasteiger partial charge in [0.25, 0.3) is 0 Å². The molecule has 1 aliphatic rings. The summed E-state index contributed by atoms with van der Waals surface area (Å²) in [7, 11) is -2.48. The molecule has 4 rings (SSSR count). The maximum absolute atomic E-state index is 13.1. The lowest BCUT2D eigenvalue weighted by Crippen LogP contribution is -2.22. The molecule has 0 saturated carbocycles. The summed E-state index contributed by atoms with van der Waals surface area (Å²) >= 11 is 0. The second kappa shape index (κ2) is 9.50. The first kappa shape index (κ1) is 23.2. The number of furan rings is 1. The van der Waals surface area contributed by atoms with Crippen LogP contribution in [0.4, 0.5) is 5.69 Å². The molecular formula is C25H22N2O6S. The van der Waals surface area contributed by atoms with Crippen LogP contribution in [0.5, 0.6) is 0 Å². The molecule has 8 nitrogen and oxygen atoms in total. The van der Waals surface area contributed by atoms with Crippen molar-refractivity contribution in [3.63, 3.8) is 0 Å². The van der Waals surface area contributed by atoms with Crippen molar-refractivity contribution in [2.24, 2.45) is 0 Å². The predicted octanol–water partition coefficient (Wildman–Crippen LogP) is 3.64. The van der Waals surface area contributed by atoms with Gasteiger partial charge in [0.1, 0.15) is 17.1 Å². The number of benzene rings is 2. The molecule has 34 heavy (non-hydrogen) atoms. The van der Waals surface area contributed by atoms with E-state index in [4.69, 9.17) is 9.15 Å². The summed E-state index contributed by atoms with van der Waals surface area (Å²) in [5, 5.41) is 0. The zero-order valence-corrected chi connectivity index (χ0v) is 19.3. The SMILES string of the molecule is COC(=O)C1=C(C)N(c2ccccc2)/C(=C/c2ccc(CNS(=O)(=O)c3ccccc3)o2)C1=O. The Morgan fingerprint density at radius 2 is 1.68 bits per heavy atom. The van der Waals surface area contributed by atoms with E-state index in [0.717, 1.165) is 0 Å². The molecule has 0 radical (unpaired) electrons. The normalized spacial score (nSPS) is 15.3. The number of allylic oxidation sites excluding steroid dienone is 2. The lowest BCUT2D eigenvalue weighted by Gasteiger charge is -2.21. The highest BCUT2D eigenvalue weighted by Crippen LogP contribution is 2.35. The minimum Gasteiger partial charge on any atom is -0.465 e. The summed E-state index contributed by atoms with van der Waals surface area (Å²) in [6, 6.07) is 20.4. The summed E-state index contributed by atoms with van der Waals surface area (Å²) in [6.07, 6.45) is 1.52. The van der Waals surface area contributed by atoms with Crippen LogP contribution in [0.3, 0.4) is 0 Å². The average Bonchev–Trinajstić information content (AvgIpc) is 3.40. The fraction of sp³-hybridized carbons (Fsp3) is 0.120. The Hall–Kier alpha value is -3.95. The van der Waals surface area contributed by atoms with Gasteiger partial charge in [-0.05, 0) is 43.3 Å². The van der Waals surface area contributed by atoms with Gasteiger partial charge in [-0.25, -0.2) is 17.9 Å². The molecule has 0 saturated heterocycles. The van der Waals surface area contributed by atoms with E-state index >= 15 is 0 Å². The predicted molar refractivity (Wildman–Crippen MR) is 126 cm³/mol. The number of Topliss-reactive ketones (excluding diaryl/α,β-unsaturated/α-hetero) is 1. The van der Waals surface area contributed by atoms with Gasteiger partial charge in [-0.1, -0.05) is 36.4 Å². The number of carbonyl (C=O) groups excluding carboxylic acids is 2. The van der Waals surface area contributed by atoms with E-state index in [9.17, 15) is 18.0 Å². The molecule has 0 bridgehead atoms. The number of para-hydroxylation sites is 1. The lowest BCUT2D eigenvalue weighted by molar-refractivity contribution is -0.137. The highest BCUT2D eigenvalue weighted by Gasteiger charge is 2.38. The number of hydrogen-bond acceptors (Lipinski definition) is 7. The fourth-order valence-corrected chi connectivity index (χ4v) is 4.63. The van der Waals surface area contributed by atoms with Crippen LogP contribution in [-0.2, 0) is 30.9 Å².